The van der Waals surface area contributed by atoms with Crippen molar-refractivity contribution in [2.24, 2.45) is 5.92 Å². The summed E-state index contributed by atoms with van der Waals surface area (Å²) in [6, 6.07) is -0.171. The van der Waals surface area contributed by atoms with Gasteiger partial charge >= 0.3 is 12.0 Å². The number of nitrogens with one attached hydrogen (secondary N) is 2. The zero-order valence-electron chi connectivity index (χ0n) is 12.4. The number of thiazole rings is 1. The Labute approximate surface area is 133 Å². The number of amides is 2. The summed E-state index contributed by atoms with van der Waals surface area (Å²) in [5, 5.41) is 15.4. The van der Waals surface area contributed by atoms with Gasteiger partial charge in [-0.05, 0) is 51.4 Å². The Balaban J connectivity index is 1.48. The maximum Gasteiger partial charge on any atom is 0.321 e. The Morgan fingerprint density at radius 1 is 1.14 bits per heavy atom. The highest BCUT2D eigenvalue weighted by atomic mass is 32.1. The molecule has 1 fully saturated rings. The lowest BCUT2D eigenvalue weighted by Crippen LogP contribution is -2.40. The lowest BCUT2D eigenvalue weighted by atomic mass is 9.86. The van der Waals surface area contributed by atoms with Gasteiger partial charge in [-0.15, -0.1) is 11.3 Å². The van der Waals surface area contributed by atoms with Crippen LogP contribution in [0.1, 0.15) is 49.1 Å². The number of rotatable bonds is 3. The third kappa shape index (κ3) is 3.58. The molecule has 22 heavy (non-hydrogen) atoms. The lowest BCUT2D eigenvalue weighted by molar-refractivity contribution is -0.142. The van der Waals surface area contributed by atoms with Gasteiger partial charge in [0.2, 0.25) is 0 Å². The van der Waals surface area contributed by atoms with Crippen molar-refractivity contribution in [3.05, 3.63) is 10.6 Å². The number of aryl methyl sites for hydroxylation is 2. The molecule has 3 N–H and O–H groups in total. The van der Waals surface area contributed by atoms with E-state index in [1.807, 2.05) is 0 Å². The van der Waals surface area contributed by atoms with E-state index in [-0.39, 0.29) is 18.0 Å². The second kappa shape index (κ2) is 6.64. The Kier molecular flexibility index (Phi) is 4.61. The molecule has 0 unspecified atom stereocenters. The molecular weight excluding hydrogens is 302 g/mol. The first kappa shape index (κ1) is 15.3. The average molecular weight is 323 g/mol. The van der Waals surface area contributed by atoms with E-state index >= 15 is 0 Å². The predicted octanol–water partition coefficient (Wildman–Crippen LogP) is 2.79. The largest absolute Gasteiger partial charge is 0.481 e. The van der Waals surface area contributed by atoms with Crippen molar-refractivity contribution >= 4 is 28.5 Å². The third-order valence-corrected chi connectivity index (χ3v) is 5.55. The summed E-state index contributed by atoms with van der Waals surface area (Å²) in [5.74, 6) is -0.983. The van der Waals surface area contributed by atoms with Crippen molar-refractivity contribution in [3.63, 3.8) is 0 Å². The van der Waals surface area contributed by atoms with Crippen molar-refractivity contribution in [3.8, 4) is 0 Å². The molecule has 6 nitrogen and oxygen atoms in total. The van der Waals surface area contributed by atoms with Gasteiger partial charge in [0.05, 0.1) is 11.6 Å². The maximum atomic E-state index is 12.0. The maximum absolute atomic E-state index is 12.0. The van der Waals surface area contributed by atoms with Gasteiger partial charge in [0.15, 0.2) is 5.13 Å². The zero-order chi connectivity index (χ0) is 15.5. The van der Waals surface area contributed by atoms with Gasteiger partial charge in [-0.1, -0.05) is 0 Å². The van der Waals surface area contributed by atoms with Crippen LogP contribution >= 0.6 is 11.3 Å². The number of carbonyl (C=O) groups excluding carboxylic acids is 1. The summed E-state index contributed by atoms with van der Waals surface area (Å²) in [5.41, 5.74) is 1.13. The fourth-order valence-corrected chi connectivity index (χ4v) is 4.25. The summed E-state index contributed by atoms with van der Waals surface area (Å²) in [6.45, 7) is 0. The lowest BCUT2D eigenvalue weighted by Gasteiger charge is -2.26. The Morgan fingerprint density at radius 2 is 1.86 bits per heavy atom. The van der Waals surface area contributed by atoms with Crippen LogP contribution in [-0.4, -0.2) is 28.1 Å². The smallest absolute Gasteiger partial charge is 0.321 e. The van der Waals surface area contributed by atoms with Gasteiger partial charge in [-0.25, -0.2) is 9.78 Å². The number of hydrogen-bond acceptors (Lipinski definition) is 4. The average Bonchev–Trinajstić information content (AvgIpc) is 2.89. The number of aliphatic carboxylic acids is 1. The minimum atomic E-state index is -0.726. The first-order valence-electron chi connectivity index (χ1n) is 7.90. The normalized spacial score (nSPS) is 24.4. The molecule has 120 valence electrons. The highest BCUT2D eigenvalue weighted by molar-refractivity contribution is 7.15. The van der Waals surface area contributed by atoms with E-state index in [0.29, 0.717) is 18.0 Å². The van der Waals surface area contributed by atoms with Gasteiger partial charge < -0.3 is 10.4 Å². The van der Waals surface area contributed by atoms with Crippen LogP contribution in [0.25, 0.3) is 0 Å². The summed E-state index contributed by atoms with van der Waals surface area (Å²) >= 11 is 1.57. The van der Waals surface area contributed by atoms with Crippen LogP contribution in [0.4, 0.5) is 9.93 Å². The zero-order valence-corrected chi connectivity index (χ0v) is 13.2. The van der Waals surface area contributed by atoms with Gasteiger partial charge in [-0.3, -0.25) is 10.1 Å². The fraction of sp³-hybridized carbons (Fsp3) is 0.667. The first-order chi connectivity index (χ1) is 10.6. The van der Waals surface area contributed by atoms with E-state index in [1.54, 1.807) is 11.3 Å². The SMILES string of the molecule is O=C(Nc1nc2c(s1)CCCC2)NC1CCC(C(=O)O)CC1. The molecular formula is C15H21N3O3S. The van der Waals surface area contributed by atoms with Crippen LogP contribution in [0.3, 0.4) is 0 Å². The molecule has 3 rings (SSSR count). The van der Waals surface area contributed by atoms with Crippen LogP contribution < -0.4 is 10.6 Å². The number of aromatic nitrogens is 1. The monoisotopic (exact) mass is 323 g/mol. The second-order valence-corrected chi connectivity index (χ2v) is 7.16. The van der Waals surface area contributed by atoms with Crippen LogP contribution in [-0.2, 0) is 17.6 Å². The van der Waals surface area contributed by atoms with Crippen LogP contribution in [0.2, 0.25) is 0 Å². The third-order valence-electron chi connectivity index (χ3n) is 4.48. The topological polar surface area (TPSA) is 91.3 Å². The van der Waals surface area contributed by atoms with E-state index in [9.17, 15) is 9.59 Å². The summed E-state index contributed by atoms with van der Waals surface area (Å²) in [7, 11) is 0. The van der Waals surface area contributed by atoms with Gasteiger partial charge in [0.25, 0.3) is 0 Å². The van der Waals surface area contributed by atoms with E-state index < -0.39 is 5.97 Å². The van der Waals surface area contributed by atoms with Crippen molar-refractivity contribution < 1.29 is 14.7 Å². The summed E-state index contributed by atoms with van der Waals surface area (Å²) in [4.78, 5) is 28.7. The first-order valence-corrected chi connectivity index (χ1v) is 8.72. The molecule has 0 saturated heterocycles. The fourth-order valence-electron chi connectivity index (χ4n) is 3.21. The quantitative estimate of drug-likeness (QED) is 0.797. The molecule has 0 spiro atoms. The molecule has 2 aliphatic rings. The molecule has 0 atom stereocenters. The minimum absolute atomic E-state index is 0.0604. The van der Waals surface area contributed by atoms with Crippen LogP contribution in [0.15, 0.2) is 0 Å². The van der Waals surface area contributed by atoms with Crippen LogP contribution in [0, 0.1) is 5.92 Å². The van der Waals surface area contributed by atoms with E-state index in [0.717, 1.165) is 31.4 Å². The summed E-state index contributed by atoms with van der Waals surface area (Å²) < 4.78 is 0. The summed E-state index contributed by atoms with van der Waals surface area (Å²) in [6.07, 6.45) is 7.15. The molecule has 0 bridgehead atoms. The highest BCUT2D eigenvalue weighted by Crippen LogP contribution is 2.29. The number of urea groups is 1. The van der Waals surface area contributed by atoms with Gasteiger partial charge in [0, 0.05) is 10.9 Å². The number of carbonyl (C=O) groups is 2. The molecule has 0 radical (unpaired) electrons. The number of hydrogen-bond donors (Lipinski definition) is 3. The number of fused-ring (bicyclic) bond motifs is 1. The van der Waals surface area contributed by atoms with Gasteiger partial charge in [-0.2, -0.15) is 0 Å². The van der Waals surface area contributed by atoms with Crippen molar-refractivity contribution in [1.82, 2.24) is 10.3 Å². The van der Waals surface area contributed by atoms with E-state index in [4.69, 9.17) is 5.11 Å². The second-order valence-electron chi connectivity index (χ2n) is 6.08. The van der Waals surface area contributed by atoms with Crippen molar-refractivity contribution in [1.29, 1.82) is 0 Å². The highest BCUT2D eigenvalue weighted by Gasteiger charge is 2.27. The molecule has 7 heteroatoms. The molecule has 1 saturated carbocycles. The standard InChI is InChI=1S/C15H21N3O3S/c19-13(20)9-5-7-10(8-6-9)16-14(21)18-15-17-11-3-1-2-4-12(11)22-15/h9-10H,1-8H2,(H,19,20)(H2,16,17,18,21). The van der Waals surface area contributed by atoms with Crippen LogP contribution in [0.5, 0.6) is 0 Å². The molecule has 1 aromatic heterocycles. The minimum Gasteiger partial charge on any atom is -0.481 e. The molecule has 2 amide bonds. The van der Waals surface area contributed by atoms with E-state index in [1.165, 1.54) is 17.7 Å². The predicted molar refractivity (Wildman–Crippen MR) is 84.3 cm³/mol. The number of anilines is 1. The molecule has 0 aliphatic heterocycles. The Hall–Kier alpha value is -1.63. The number of carboxylic acids is 1. The number of nitrogens with zero attached hydrogens (tertiary/aromatic N) is 1. The van der Waals surface area contributed by atoms with E-state index in [2.05, 4.69) is 15.6 Å². The van der Waals surface area contributed by atoms with Crippen molar-refractivity contribution in [2.75, 3.05) is 5.32 Å². The molecule has 0 aromatic carbocycles. The number of carboxylic acid groups (broad SMARTS) is 1. The molecule has 2 aliphatic carbocycles. The Morgan fingerprint density at radius 3 is 2.55 bits per heavy atom. The Bertz CT molecular complexity index is 541. The molecule has 1 aromatic rings. The van der Waals surface area contributed by atoms with Crippen molar-refractivity contribution in [2.45, 2.75) is 57.4 Å². The van der Waals surface area contributed by atoms with Gasteiger partial charge in [0.1, 0.15) is 0 Å². The molecule has 1 heterocycles.